The molecular weight excluding hydrogens is 406 g/mol. The monoisotopic (exact) mass is 435 g/mol. The molecule has 3 amide bonds. The molecule has 3 aliphatic heterocycles. The van der Waals surface area contributed by atoms with Crippen molar-refractivity contribution in [3.63, 3.8) is 0 Å². The Hall–Kier alpha value is -2.67. The number of ether oxygens (including phenoxy) is 1. The largest absolute Gasteiger partial charge is 0.359 e. The lowest BCUT2D eigenvalue weighted by molar-refractivity contribution is -0.142. The molecule has 0 aromatic heterocycles. The predicted molar refractivity (Wildman–Crippen MR) is 116 cm³/mol. The third-order valence-electron chi connectivity index (χ3n) is 7.75. The van der Waals surface area contributed by atoms with Gasteiger partial charge in [0.15, 0.2) is 0 Å². The summed E-state index contributed by atoms with van der Waals surface area (Å²) in [6, 6.07) is 9.27. The lowest BCUT2D eigenvalue weighted by Crippen LogP contribution is -2.55. The highest BCUT2D eigenvalue weighted by molar-refractivity contribution is 6.00. The van der Waals surface area contributed by atoms with E-state index in [4.69, 9.17) is 4.74 Å². The van der Waals surface area contributed by atoms with Crippen LogP contribution in [0.2, 0.25) is 0 Å². The molecule has 7 nitrogen and oxygen atoms in total. The zero-order chi connectivity index (χ0) is 21.9. The van der Waals surface area contributed by atoms with E-state index in [0.717, 1.165) is 44.1 Å². The van der Waals surface area contributed by atoms with Gasteiger partial charge < -0.3 is 20.3 Å². The van der Waals surface area contributed by atoms with E-state index in [-0.39, 0.29) is 29.8 Å². The minimum Gasteiger partial charge on any atom is -0.359 e. The summed E-state index contributed by atoms with van der Waals surface area (Å²) in [6.07, 6.45) is 9.42. The van der Waals surface area contributed by atoms with Gasteiger partial charge in [0.1, 0.15) is 11.6 Å². The smallest absolute Gasteiger partial charge is 0.246 e. The average molecular weight is 436 g/mol. The Morgan fingerprint density at radius 2 is 1.69 bits per heavy atom. The zero-order valence-corrected chi connectivity index (χ0v) is 18.0. The number of fused-ring (bicyclic) bond motifs is 1. The van der Waals surface area contributed by atoms with Crippen molar-refractivity contribution in [3.05, 3.63) is 48.0 Å². The van der Waals surface area contributed by atoms with Crippen molar-refractivity contribution in [1.29, 1.82) is 0 Å². The molecule has 1 aromatic rings. The molecule has 1 aromatic carbocycles. The number of carbonyl (C=O) groups is 3. The van der Waals surface area contributed by atoms with Gasteiger partial charge in [0.2, 0.25) is 17.7 Å². The summed E-state index contributed by atoms with van der Waals surface area (Å²) in [6.45, 7) is 0.319. The molecule has 168 valence electrons. The second-order valence-electron chi connectivity index (χ2n) is 9.93. The van der Waals surface area contributed by atoms with Gasteiger partial charge in [0.25, 0.3) is 0 Å². The first-order chi connectivity index (χ1) is 15.6. The number of hydrogen-bond acceptors (Lipinski definition) is 4. The highest BCUT2D eigenvalue weighted by Gasteiger charge is 2.72. The van der Waals surface area contributed by atoms with Crippen LogP contribution in [0, 0.1) is 11.8 Å². The Bertz CT molecular complexity index is 969. The highest BCUT2D eigenvalue weighted by atomic mass is 16.5. The molecule has 1 spiro atoms. The summed E-state index contributed by atoms with van der Waals surface area (Å²) in [5, 5.41) is 6.24. The fraction of sp³-hybridized carbons (Fsp3) is 0.560. The minimum atomic E-state index is -1.08. The SMILES string of the molecule is O=C(NC1CC1)[C@H]1[C@H]2C=C[C@@]3(O2)[C@H]1C(=O)N(Cc1ccccc1)[C@@H]3C(=O)NC1CCCC1. The van der Waals surface area contributed by atoms with Crippen molar-refractivity contribution in [1.82, 2.24) is 15.5 Å². The molecule has 32 heavy (non-hydrogen) atoms. The molecule has 4 fully saturated rings. The van der Waals surface area contributed by atoms with Gasteiger partial charge in [-0.25, -0.2) is 0 Å². The Labute approximate surface area is 187 Å². The Morgan fingerprint density at radius 1 is 1.00 bits per heavy atom. The summed E-state index contributed by atoms with van der Waals surface area (Å²) in [5.41, 5.74) is -0.126. The molecule has 0 radical (unpaired) electrons. The van der Waals surface area contributed by atoms with Gasteiger partial charge in [0, 0.05) is 18.6 Å². The number of nitrogens with zero attached hydrogens (tertiary/aromatic N) is 1. The number of benzene rings is 1. The first kappa shape index (κ1) is 20.0. The Kier molecular flexibility index (Phi) is 4.64. The van der Waals surface area contributed by atoms with Gasteiger partial charge in [-0.15, -0.1) is 0 Å². The molecule has 5 aliphatic rings. The second kappa shape index (κ2) is 7.44. The van der Waals surface area contributed by atoms with Crippen LogP contribution in [-0.2, 0) is 25.7 Å². The number of rotatable bonds is 6. The third kappa shape index (κ3) is 3.09. The number of hydrogen-bond donors (Lipinski definition) is 2. The van der Waals surface area contributed by atoms with Gasteiger partial charge in [0.05, 0.1) is 17.9 Å². The van der Waals surface area contributed by atoms with Gasteiger partial charge in [-0.3, -0.25) is 14.4 Å². The standard InChI is InChI=1S/C25H29N3O4/c29-22(26-17-10-11-17)19-18-12-13-25(32-18)20(19)24(31)28(14-15-6-2-1-3-7-15)21(25)23(30)27-16-8-4-5-9-16/h1-3,6-7,12-13,16-21H,4-5,8-11,14H2,(H,26,29)(H,27,30)/t18-,19+,20-,21-,25-/m1/s1. The number of carbonyl (C=O) groups excluding carboxylic acids is 3. The minimum absolute atomic E-state index is 0.126. The summed E-state index contributed by atoms with van der Waals surface area (Å²) >= 11 is 0. The lowest BCUT2D eigenvalue weighted by atomic mass is 9.74. The Morgan fingerprint density at radius 3 is 2.41 bits per heavy atom. The molecule has 2 N–H and O–H groups in total. The van der Waals surface area contributed by atoms with E-state index in [2.05, 4.69) is 10.6 Å². The topological polar surface area (TPSA) is 87.7 Å². The van der Waals surface area contributed by atoms with Crippen molar-refractivity contribution < 1.29 is 19.1 Å². The van der Waals surface area contributed by atoms with E-state index in [1.807, 2.05) is 42.5 Å². The normalized spacial score (nSPS) is 35.4. The van der Waals surface area contributed by atoms with E-state index in [1.54, 1.807) is 4.90 Å². The summed E-state index contributed by atoms with van der Waals surface area (Å²) < 4.78 is 6.36. The van der Waals surface area contributed by atoms with Crippen LogP contribution in [0.3, 0.4) is 0 Å². The van der Waals surface area contributed by atoms with Crippen LogP contribution < -0.4 is 10.6 Å². The summed E-state index contributed by atoms with van der Waals surface area (Å²) in [5.74, 6) is -1.71. The molecule has 2 saturated heterocycles. The van der Waals surface area contributed by atoms with E-state index in [0.29, 0.717) is 6.54 Å². The van der Waals surface area contributed by atoms with Gasteiger partial charge in [-0.2, -0.15) is 0 Å². The average Bonchev–Trinajstić information content (AvgIpc) is 3.14. The third-order valence-corrected chi connectivity index (χ3v) is 7.75. The fourth-order valence-corrected chi connectivity index (χ4v) is 6.09. The van der Waals surface area contributed by atoms with Crippen LogP contribution in [0.1, 0.15) is 44.1 Å². The van der Waals surface area contributed by atoms with Crippen LogP contribution >= 0.6 is 0 Å². The van der Waals surface area contributed by atoms with Crippen LogP contribution in [-0.4, -0.2) is 52.5 Å². The number of nitrogens with one attached hydrogen (secondary N) is 2. The maximum absolute atomic E-state index is 13.8. The first-order valence-corrected chi connectivity index (χ1v) is 11.9. The van der Waals surface area contributed by atoms with Crippen molar-refractivity contribution in [3.8, 4) is 0 Å². The molecule has 2 bridgehead atoms. The Balaban J connectivity index is 1.34. The molecule has 5 atom stereocenters. The molecular formula is C25H29N3O4. The van der Waals surface area contributed by atoms with E-state index in [9.17, 15) is 14.4 Å². The van der Waals surface area contributed by atoms with Gasteiger partial charge in [-0.05, 0) is 31.2 Å². The summed E-state index contributed by atoms with van der Waals surface area (Å²) in [7, 11) is 0. The maximum Gasteiger partial charge on any atom is 0.246 e. The van der Waals surface area contributed by atoms with Gasteiger partial charge in [-0.1, -0.05) is 55.3 Å². The van der Waals surface area contributed by atoms with Crippen LogP contribution in [0.25, 0.3) is 0 Å². The molecule has 7 heteroatoms. The summed E-state index contributed by atoms with van der Waals surface area (Å²) in [4.78, 5) is 42.2. The van der Waals surface area contributed by atoms with Crippen LogP contribution in [0.15, 0.2) is 42.5 Å². The number of likely N-dealkylation sites (tertiary alicyclic amines) is 1. The van der Waals surface area contributed by atoms with Crippen LogP contribution in [0.5, 0.6) is 0 Å². The van der Waals surface area contributed by atoms with Crippen molar-refractivity contribution in [2.45, 2.75) is 74.9 Å². The zero-order valence-electron chi connectivity index (χ0n) is 18.0. The van der Waals surface area contributed by atoms with E-state index < -0.39 is 29.6 Å². The molecule has 2 aliphatic carbocycles. The van der Waals surface area contributed by atoms with Crippen molar-refractivity contribution in [2.24, 2.45) is 11.8 Å². The quantitative estimate of drug-likeness (QED) is 0.666. The van der Waals surface area contributed by atoms with Crippen molar-refractivity contribution >= 4 is 17.7 Å². The fourth-order valence-electron chi connectivity index (χ4n) is 6.09. The van der Waals surface area contributed by atoms with E-state index in [1.165, 1.54) is 0 Å². The number of amides is 3. The molecule has 6 rings (SSSR count). The lowest BCUT2D eigenvalue weighted by Gasteiger charge is -2.33. The molecule has 3 heterocycles. The molecule has 0 unspecified atom stereocenters. The highest BCUT2D eigenvalue weighted by Crippen LogP contribution is 2.55. The van der Waals surface area contributed by atoms with Crippen LogP contribution in [0.4, 0.5) is 0 Å². The van der Waals surface area contributed by atoms with E-state index >= 15 is 0 Å². The maximum atomic E-state index is 13.8. The van der Waals surface area contributed by atoms with Crippen molar-refractivity contribution in [2.75, 3.05) is 0 Å². The first-order valence-electron chi connectivity index (χ1n) is 11.9. The predicted octanol–water partition coefficient (Wildman–Crippen LogP) is 1.67. The van der Waals surface area contributed by atoms with Gasteiger partial charge >= 0.3 is 0 Å². The molecule has 2 saturated carbocycles. The second-order valence-corrected chi connectivity index (χ2v) is 9.93.